The van der Waals surface area contributed by atoms with Crippen LogP contribution in [-0.4, -0.2) is 48.1 Å². The standard InChI is InChI=1S/C10H14FIN2O3/c11-6-5-14(4-3-8(6)17-12)10(16)7-1-2-9(15)13-7/h6-8H,1-5H2,(H,13,15)/t6-,7-,8?/m1/s1. The van der Waals surface area contributed by atoms with E-state index in [-0.39, 0.29) is 18.4 Å². The Kier molecular flexibility index (Phi) is 4.18. The molecule has 0 radical (unpaired) electrons. The highest BCUT2D eigenvalue weighted by Gasteiger charge is 2.36. The van der Waals surface area contributed by atoms with Crippen molar-refractivity contribution >= 4 is 34.8 Å². The maximum Gasteiger partial charge on any atom is 0.245 e. The van der Waals surface area contributed by atoms with E-state index < -0.39 is 18.3 Å². The Bertz CT molecular complexity index is 329. The van der Waals surface area contributed by atoms with E-state index in [1.165, 1.54) is 4.90 Å². The molecule has 0 aromatic rings. The zero-order valence-electron chi connectivity index (χ0n) is 9.20. The molecule has 2 rings (SSSR count). The number of carbonyl (C=O) groups excluding carboxylic acids is 2. The lowest BCUT2D eigenvalue weighted by Crippen LogP contribution is -2.52. The Morgan fingerprint density at radius 3 is 2.82 bits per heavy atom. The number of halogens is 2. The van der Waals surface area contributed by atoms with Gasteiger partial charge in [0.1, 0.15) is 41.3 Å². The zero-order chi connectivity index (χ0) is 12.4. The SMILES string of the molecule is O=C1CC[C@H](C(=O)N2CCC(OI)[C@H](F)C2)N1. The van der Waals surface area contributed by atoms with Crippen molar-refractivity contribution in [2.75, 3.05) is 13.1 Å². The van der Waals surface area contributed by atoms with E-state index in [1.807, 2.05) is 0 Å². The lowest BCUT2D eigenvalue weighted by atomic mass is 10.0. The summed E-state index contributed by atoms with van der Waals surface area (Å²) in [5.74, 6) is -0.281. The number of carbonyl (C=O) groups is 2. The van der Waals surface area contributed by atoms with Crippen LogP contribution < -0.4 is 5.32 Å². The van der Waals surface area contributed by atoms with Gasteiger partial charge in [0.25, 0.3) is 0 Å². The maximum atomic E-state index is 13.6. The second-order valence-corrected chi connectivity index (χ2v) is 4.88. The van der Waals surface area contributed by atoms with Gasteiger partial charge in [-0.3, -0.25) is 9.59 Å². The summed E-state index contributed by atoms with van der Waals surface area (Å²) in [4.78, 5) is 24.5. The van der Waals surface area contributed by atoms with Gasteiger partial charge in [-0.15, -0.1) is 0 Å². The molecule has 2 saturated heterocycles. The Balaban J connectivity index is 1.91. The van der Waals surface area contributed by atoms with E-state index in [2.05, 4.69) is 5.32 Å². The van der Waals surface area contributed by atoms with E-state index in [1.54, 1.807) is 23.0 Å². The smallest absolute Gasteiger partial charge is 0.245 e. The van der Waals surface area contributed by atoms with E-state index in [9.17, 15) is 14.0 Å². The van der Waals surface area contributed by atoms with E-state index in [4.69, 9.17) is 3.07 Å². The van der Waals surface area contributed by atoms with Crippen molar-refractivity contribution in [3.05, 3.63) is 0 Å². The predicted molar refractivity (Wildman–Crippen MR) is 66.2 cm³/mol. The lowest BCUT2D eigenvalue weighted by molar-refractivity contribution is -0.137. The zero-order valence-corrected chi connectivity index (χ0v) is 11.4. The summed E-state index contributed by atoms with van der Waals surface area (Å²) in [6, 6.07) is -0.466. The maximum absolute atomic E-state index is 13.6. The third kappa shape index (κ3) is 2.87. The number of piperidine rings is 1. The van der Waals surface area contributed by atoms with E-state index in [0.29, 0.717) is 25.8 Å². The molecule has 7 heteroatoms. The molecule has 0 aliphatic carbocycles. The van der Waals surface area contributed by atoms with Crippen LogP contribution in [0.1, 0.15) is 19.3 Å². The number of rotatable bonds is 2. The first-order chi connectivity index (χ1) is 8.11. The van der Waals surface area contributed by atoms with Crippen LogP contribution in [-0.2, 0) is 12.7 Å². The first-order valence-electron chi connectivity index (χ1n) is 5.61. The monoisotopic (exact) mass is 356 g/mol. The number of nitrogens with one attached hydrogen (secondary N) is 1. The molecular formula is C10H14FIN2O3. The highest BCUT2D eigenvalue weighted by atomic mass is 127. The number of alkyl halides is 1. The first kappa shape index (κ1) is 13.0. The highest BCUT2D eigenvalue weighted by Crippen LogP contribution is 2.21. The molecule has 0 spiro atoms. The van der Waals surface area contributed by atoms with Crippen molar-refractivity contribution in [2.45, 2.75) is 37.6 Å². The average Bonchev–Trinajstić information content (AvgIpc) is 2.75. The predicted octanol–water partition coefficient (Wildman–Crippen LogP) is 0.571. The van der Waals surface area contributed by atoms with Crippen LogP contribution in [0.2, 0.25) is 0 Å². The average molecular weight is 356 g/mol. The van der Waals surface area contributed by atoms with Gasteiger partial charge in [-0.25, -0.2) is 4.39 Å². The second-order valence-electron chi connectivity index (χ2n) is 4.38. The van der Waals surface area contributed by atoms with E-state index in [0.717, 1.165) is 0 Å². The van der Waals surface area contributed by atoms with Crippen molar-refractivity contribution in [3.8, 4) is 0 Å². The summed E-state index contributed by atoms with van der Waals surface area (Å²) < 4.78 is 18.6. The van der Waals surface area contributed by atoms with Crippen LogP contribution in [0.3, 0.4) is 0 Å². The number of hydrogen-bond acceptors (Lipinski definition) is 3. The molecule has 17 heavy (non-hydrogen) atoms. The van der Waals surface area contributed by atoms with Gasteiger partial charge in [-0.1, -0.05) is 0 Å². The number of amides is 2. The lowest BCUT2D eigenvalue weighted by Gasteiger charge is -2.34. The quantitative estimate of drug-likeness (QED) is 0.737. The molecule has 2 heterocycles. The molecule has 1 N–H and O–H groups in total. The summed E-state index contributed by atoms with van der Waals surface area (Å²) in [5.41, 5.74) is 0. The molecule has 1 unspecified atom stereocenters. The van der Waals surface area contributed by atoms with Crippen molar-refractivity contribution in [1.82, 2.24) is 10.2 Å². The fourth-order valence-corrected chi connectivity index (χ4v) is 2.78. The molecule has 0 bridgehead atoms. The fraction of sp³-hybridized carbons (Fsp3) is 0.800. The molecule has 5 nitrogen and oxygen atoms in total. The fourth-order valence-electron chi connectivity index (χ4n) is 2.20. The van der Waals surface area contributed by atoms with Gasteiger partial charge >= 0.3 is 0 Å². The number of hydrogen-bond donors (Lipinski definition) is 1. The van der Waals surface area contributed by atoms with Crippen molar-refractivity contribution < 1.29 is 17.0 Å². The summed E-state index contributed by atoms with van der Waals surface area (Å²) in [6.45, 7) is 0.540. The number of likely N-dealkylation sites (tertiary alicyclic amines) is 1. The van der Waals surface area contributed by atoms with Gasteiger partial charge in [0.05, 0.1) is 6.54 Å². The Labute approximate surface area is 113 Å². The molecule has 96 valence electrons. The molecule has 0 saturated carbocycles. The second kappa shape index (κ2) is 5.47. The van der Waals surface area contributed by atoms with Crippen LogP contribution in [0.25, 0.3) is 0 Å². The molecule has 2 aliphatic heterocycles. The molecule has 0 aromatic carbocycles. The summed E-state index contributed by atoms with van der Waals surface area (Å²) >= 11 is 1.69. The van der Waals surface area contributed by atoms with Gasteiger partial charge in [-0.2, -0.15) is 0 Å². The third-order valence-electron chi connectivity index (χ3n) is 3.20. The van der Waals surface area contributed by atoms with Crippen LogP contribution in [0, 0.1) is 0 Å². The van der Waals surface area contributed by atoms with Gasteiger partial charge in [0.2, 0.25) is 11.8 Å². The highest BCUT2D eigenvalue weighted by molar-refractivity contribution is 14.1. The van der Waals surface area contributed by atoms with Gasteiger partial charge < -0.3 is 13.3 Å². The topological polar surface area (TPSA) is 58.6 Å². The Morgan fingerprint density at radius 2 is 2.29 bits per heavy atom. The van der Waals surface area contributed by atoms with Crippen LogP contribution in [0.5, 0.6) is 0 Å². The molecular weight excluding hydrogens is 342 g/mol. The largest absolute Gasteiger partial charge is 0.344 e. The van der Waals surface area contributed by atoms with Gasteiger partial charge in [0, 0.05) is 13.0 Å². The summed E-state index contributed by atoms with van der Waals surface area (Å²) in [6.07, 6.45) is -0.198. The normalized spacial score (nSPS) is 33.6. The van der Waals surface area contributed by atoms with Gasteiger partial charge in [-0.05, 0) is 12.8 Å². The van der Waals surface area contributed by atoms with Crippen LogP contribution in [0.15, 0.2) is 0 Å². The summed E-state index contributed by atoms with van der Waals surface area (Å²) in [7, 11) is 0. The van der Waals surface area contributed by atoms with Crippen molar-refractivity contribution in [2.24, 2.45) is 0 Å². The van der Waals surface area contributed by atoms with Crippen molar-refractivity contribution in [1.29, 1.82) is 0 Å². The van der Waals surface area contributed by atoms with E-state index >= 15 is 0 Å². The minimum Gasteiger partial charge on any atom is -0.344 e. The van der Waals surface area contributed by atoms with Gasteiger partial charge in [0.15, 0.2) is 0 Å². The van der Waals surface area contributed by atoms with Crippen LogP contribution >= 0.6 is 23.0 Å². The minimum absolute atomic E-state index is 0.0544. The molecule has 3 atom stereocenters. The molecule has 0 aromatic heterocycles. The summed E-state index contributed by atoms with van der Waals surface area (Å²) in [5, 5.41) is 2.61. The molecule has 2 fully saturated rings. The minimum atomic E-state index is -1.15. The van der Waals surface area contributed by atoms with Crippen molar-refractivity contribution in [3.63, 3.8) is 0 Å². The first-order valence-corrected chi connectivity index (χ1v) is 6.49. The number of nitrogens with zero attached hydrogens (tertiary/aromatic N) is 1. The molecule has 2 amide bonds. The Hall–Kier alpha value is -0.440. The molecule has 2 aliphatic rings. The Morgan fingerprint density at radius 1 is 1.53 bits per heavy atom. The third-order valence-corrected chi connectivity index (χ3v) is 3.85. The van der Waals surface area contributed by atoms with Crippen LogP contribution in [0.4, 0.5) is 4.39 Å².